The van der Waals surface area contributed by atoms with Gasteiger partial charge in [0.05, 0.1) is 20.3 Å². The van der Waals surface area contributed by atoms with Gasteiger partial charge in [-0.15, -0.1) is 0 Å². The number of carbonyl (C=O) groups excluding carboxylic acids is 2. The Morgan fingerprint density at radius 1 is 1.35 bits per heavy atom. The lowest BCUT2D eigenvalue weighted by Gasteiger charge is -2.23. The second-order valence-corrected chi connectivity index (χ2v) is 6.27. The molecule has 8 nitrogen and oxygen atoms in total. The van der Waals surface area contributed by atoms with E-state index < -0.39 is 0 Å². The van der Waals surface area contributed by atoms with Crippen LogP contribution < -0.4 is 20.1 Å². The monoisotopic (exact) mass is 365 g/mol. The molecule has 0 radical (unpaired) electrons. The van der Waals surface area contributed by atoms with Crippen LogP contribution in [0.2, 0.25) is 0 Å². The lowest BCUT2D eigenvalue weighted by Crippen LogP contribution is -2.44. The van der Waals surface area contributed by atoms with Crippen LogP contribution in [-0.2, 0) is 20.9 Å². The largest absolute Gasteiger partial charge is 0.493 e. The third-order valence-corrected chi connectivity index (χ3v) is 4.00. The minimum absolute atomic E-state index is 0.0381. The molecule has 26 heavy (non-hydrogen) atoms. The highest BCUT2D eigenvalue weighted by Gasteiger charge is 2.17. The zero-order valence-electron chi connectivity index (χ0n) is 15.5. The molecule has 0 saturated carbocycles. The molecular formula is C18H27N3O5. The Morgan fingerprint density at radius 2 is 2.15 bits per heavy atom. The molecule has 144 valence electrons. The molecular weight excluding hydrogens is 338 g/mol. The molecule has 1 fully saturated rings. The van der Waals surface area contributed by atoms with Gasteiger partial charge in [0, 0.05) is 39.6 Å². The van der Waals surface area contributed by atoms with Crippen molar-refractivity contribution in [3.8, 4) is 11.5 Å². The maximum absolute atomic E-state index is 12.0. The van der Waals surface area contributed by atoms with E-state index >= 15 is 0 Å². The van der Waals surface area contributed by atoms with Crippen molar-refractivity contribution in [2.75, 3.05) is 47.6 Å². The van der Waals surface area contributed by atoms with Gasteiger partial charge in [-0.2, -0.15) is 0 Å². The molecule has 2 N–H and O–H groups in total. The first-order valence-corrected chi connectivity index (χ1v) is 8.57. The van der Waals surface area contributed by atoms with Crippen LogP contribution in [0, 0.1) is 0 Å². The van der Waals surface area contributed by atoms with Crippen molar-refractivity contribution in [1.82, 2.24) is 15.5 Å². The number of nitrogens with one attached hydrogen (secondary N) is 2. The SMILES string of the molecule is COc1cc(CNC(=O)CC2COCCN2)ccc1OCC(=O)N(C)C. The lowest BCUT2D eigenvalue weighted by molar-refractivity contribution is -0.130. The Hall–Kier alpha value is -2.32. The van der Waals surface area contributed by atoms with Gasteiger partial charge in [-0.05, 0) is 17.7 Å². The molecule has 1 aromatic carbocycles. The van der Waals surface area contributed by atoms with E-state index in [0.717, 1.165) is 12.1 Å². The van der Waals surface area contributed by atoms with E-state index in [4.69, 9.17) is 14.2 Å². The molecule has 2 amide bonds. The Balaban J connectivity index is 1.85. The number of carbonyl (C=O) groups is 2. The van der Waals surface area contributed by atoms with Crippen LogP contribution >= 0.6 is 0 Å². The molecule has 1 heterocycles. The van der Waals surface area contributed by atoms with Crippen LogP contribution in [0.15, 0.2) is 18.2 Å². The number of likely N-dealkylation sites (N-methyl/N-ethyl adjacent to an activating group) is 1. The Morgan fingerprint density at radius 3 is 2.81 bits per heavy atom. The van der Waals surface area contributed by atoms with E-state index in [1.165, 1.54) is 12.0 Å². The third-order valence-electron chi connectivity index (χ3n) is 4.00. The van der Waals surface area contributed by atoms with Gasteiger partial charge in [0.1, 0.15) is 0 Å². The van der Waals surface area contributed by atoms with Crippen molar-refractivity contribution in [1.29, 1.82) is 0 Å². The van der Waals surface area contributed by atoms with Gasteiger partial charge in [-0.3, -0.25) is 9.59 Å². The number of hydrogen-bond acceptors (Lipinski definition) is 6. The maximum Gasteiger partial charge on any atom is 0.259 e. The summed E-state index contributed by atoms with van der Waals surface area (Å²) in [6, 6.07) is 5.42. The molecule has 1 saturated heterocycles. The van der Waals surface area contributed by atoms with E-state index in [1.807, 2.05) is 6.07 Å². The van der Waals surface area contributed by atoms with Crippen LogP contribution in [0.4, 0.5) is 0 Å². The first-order valence-electron chi connectivity index (χ1n) is 8.57. The number of hydrogen-bond donors (Lipinski definition) is 2. The average molecular weight is 365 g/mol. The van der Waals surface area contributed by atoms with Gasteiger partial charge in [-0.1, -0.05) is 6.07 Å². The van der Waals surface area contributed by atoms with Crippen molar-refractivity contribution >= 4 is 11.8 Å². The highest BCUT2D eigenvalue weighted by Crippen LogP contribution is 2.28. The molecule has 1 aromatic rings. The second-order valence-electron chi connectivity index (χ2n) is 6.27. The minimum atomic E-state index is -0.135. The molecule has 0 aliphatic carbocycles. The minimum Gasteiger partial charge on any atom is -0.493 e. The van der Waals surface area contributed by atoms with E-state index in [9.17, 15) is 9.59 Å². The highest BCUT2D eigenvalue weighted by molar-refractivity contribution is 5.77. The normalized spacial score (nSPS) is 16.7. The fourth-order valence-corrected chi connectivity index (χ4v) is 2.46. The lowest BCUT2D eigenvalue weighted by atomic mass is 10.1. The van der Waals surface area contributed by atoms with Crippen molar-refractivity contribution in [3.63, 3.8) is 0 Å². The summed E-state index contributed by atoms with van der Waals surface area (Å²) in [5, 5.41) is 6.14. The zero-order chi connectivity index (χ0) is 18.9. The summed E-state index contributed by atoms with van der Waals surface area (Å²) < 4.78 is 16.2. The average Bonchev–Trinajstić information content (AvgIpc) is 2.65. The molecule has 1 atom stereocenters. The predicted molar refractivity (Wildman–Crippen MR) is 96.3 cm³/mol. The van der Waals surface area contributed by atoms with Crippen LogP contribution in [-0.4, -0.2) is 70.3 Å². The fourth-order valence-electron chi connectivity index (χ4n) is 2.46. The van der Waals surface area contributed by atoms with E-state index in [0.29, 0.717) is 37.7 Å². The van der Waals surface area contributed by atoms with E-state index in [1.54, 1.807) is 26.2 Å². The Labute approximate surface area is 153 Å². The molecule has 0 spiro atoms. The van der Waals surface area contributed by atoms with Crippen LogP contribution in [0.1, 0.15) is 12.0 Å². The van der Waals surface area contributed by atoms with Crippen LogP contribution in [0.3, 0.4) is 0 Å². The zero-order valence-corrected chi connectivity index (χ0v) is 15.5. The van der Waals surface area contributed by atoms with Crippen molar-refractivity contribution < 1.29 is 23.8 Å². The predicted octanol–water partition coefficient (Wildman–Crippen LogP) is 0.157. The smallest absolute Gasteiger partial charge is 0.259 e. The van der Waals surface area contributed by atoms with Crippen LogP contribution in [0.5, 0.6) is 11.5 Å². The highest BCUT2D eigenvalue weighted by atomic mass is 16.5. The Kier molecular flexibility index (Phi) is 7.68. The number of nitrogens with zero attached hydrogens (tertiary/aromatic N) is 1. The molecule has 2 rings (SSSR count). The van der Waals surface area contributed by atoms with Crippen molar-refractivity contribution in [2.24, 2.45) is 0 Å². The summed E-state index contributed by atoms with van der Waals surface area (Å²) in [6.45, 7) is 2.34. The summed E-state index contributed by atoms with van der Waals surface area (Å²) in [7, 11) is 4.88. The number of ether oxygens (including phenoxy) is 3. The first kappa shape index (κ1) is 20.0. The number of rotatable bonds is 8. The number of amides is 2. The Bertz CT molecular complexity index is 615. The van der Waals surface area contributed by atoms with Crippen LogP contribution in [0.25, 0.3) is 0 Å². The summed E-state index contributed by atoms with van der Waals surface area (Å²) >= 11 is 0. The van der Waals surface area contributed by atoms with Gasteiger partial charge >= 0.3 is 0 Å². The fraction of sp³-hybridized carbons (Fsp3) is 0.556. The first-order chi connectivity index (χ1) is 12.5. The standard InChI is InChI=1S/C18H27N3O5/c1-21(2)18(23)12-26-15-5-4-13(8-16(15)24-3)10-20-17(22)9-14-11-25-7-6-19-14/h4-5,8,14,19H,6-7,9-12H2,1-3H3,(H,20,22). The van der Waals surface area contributed by atoms with E-state index in [-0.39, 0.29) is 24.5 Å². The van der Waals surface area contributed by atoms with Gasteiger partial charge in [0.2, 0.25) is 5.91 Å². The summed E-state index contributed by atoms with van der Waals surface area (Å²) in [6.07, 6.45) is 0.380. The molecule has 1 unspecified atom stereocenters. The maximum atomic E-state index is 12.0. The molecule has 0 bridgehead atoms. The topological polar surface area (TPSA) is 89.1 Å². The number of methoxy groups -OCH3 is 1. The van der Waals surface area contributed by atoms with Gasteiger partial charge < -0.3 is 29.7 Å². The molecule has 1 aliphatic heterocycles. The molecule has 0 aromatic heterocycles. The summed E-state index contributed by atoms with van der Waals surface area (Å²) in [5.41, 5.74) is 0.884. The van der Waals surface area contributed by atoms with Crippen molar-refractivity contribution in [3.05, 3.63) is 23.8 Å². The number of benzene rings is 1. The number of morpholine rings is 1. The summed E-state index contributed by atoms with van der Waals surface area (Å²) in [5.74, 6) is 0.833. The summed E-state index contributed by atoms with van der Waals surface area (Å²) in [4.78, 5) is 25.1. The van der Waals surface area contributed by atoms with Gasteiger partial charge in [0.15, 0.2) is 18.1 Å². The van der Waals surface area contributed by atoms with Gasteiger partial charge in [-0.25, -0.2) is 0 Å². The van der Waals surface area contributed by atoms with E-state index in [2.05, 4.69) is 10.6 Å². The van der Waals surface area contributed by atoms with Crippen molar-refractivity contribution in [2.45, 2.75) is 19.0 Å². The molecule has 1 aliphatic rings. The quantitative estimate of drug-likeness (QED) is 0.682. The van der Waals surface area contributed by atoms with Gasteiger partial charge in [0.25, 0.3) is 5.91 Å². The molecule has 8 heteroatoms. The second kappa shape index (κ2) is 9.98. The third kappa shape index (κ3) is 6.20.